The average molecular weight is 207 g/mol. The highest BCUT2D eigenvalue weighted by Gasteiger charge is 2.19. The van der Waals surface area contributed by atoms with E-state index >= 15 is 0 Å². The largest absolute Gasteiger partial charge is 0.328 e. The molecular weight excluding hydrogens is 190 g/mol. The van der Waals surface area contributed by atoms with Crippen LogP contribution in [0.5, 0.6) is 0 Å². The van der Waals surface area contributed by atoms with Gasteiger partial charge >= 0.3 is 0 Å². The number of rotatable bonds is 3. The zero-order valence-electron chi connectivity index (χ0n) is 7.90. The van der Waals surface area contributed by atoms with E-state index in [9.17, 15) is 8.42 Å². The zero-order chi connectivity index (χ0) is 9.90. The van der Waals surface area contributed by atoms with Gasteiger partial charge in [0.25, 0.3) is 10.1 Å². The molecule has 0 heterocycles. The monoisotopic (exact) mass is 207 g/mol. The van der Waals surface area contributed by atoms with Gasteiger partial charge in [-0.25, -0.2) is 0 Å². The summed E-state index contributed by atoms with van der Waals surface area (Å²) < 4.78 is 26.1. The summed E-state index contributed by atoms with van der Waals surface area (Å²) in [5.41, 5.74) is 5.72. The predicted molar refractivity (Wildman–Crippen MR) is 50.7 cm³/mol. The topological polar surface area (TPSA) is 69.4 Å². The SMILES string of the molecule is CS(=O)(=O)OCC1CCC(N)CC1. The minimum absolute atomic E-state index is 0.300. The third-order valence-electron chi connectivity index (χ3n) is 2.41. The standard InChI is InChI=1S/C8H17NO3S/c1-13(10,11)12-6-7-2-4-8(9)5-3-7/h7-8H,2-6,9H2,1H3. The summed E-state index contributed by atoms with van der Waals surface area (Å²) >= 11 is 0. The van der Waals surface area contributed by atoms with Crippen LogP contribution in [0.4, 0.5) is 0 Å². The van der Waals surface area contributed by atoms with Gasteiger partial charge in [0.15, 0.2) is 0 Å². The van der Waals surface area contributed by atoms with Crippen molar-refractivity contribution in [1.82, 2.24) is 0 Å². The second kappa shape index (κ2) is 4.39. The van der Waals surface area contributed by atoms with Crippen molar-refractivity contribution in [3.8, 4) is 0 Å². The Morgan fingerprint density at radius 3 is 2.31 bits per heavy atom. The van der Waals surface area contributed by atoms with Crippen molar-refractivity contribution >= 4 is 10.1 Å². The van der Waals surface area contributed by atoms with Crippen LogP contribution < -0.4 is 5.73 Å². The summed E-state index contributed by atoms with van der Waals surface area (Å²) in [5.74, 6) is 0.370. The first-order valence-electron chi connectivity index (χ1n) is 4.57. The molecule has 1 fully saturated rings. The maximum absolute atomic E-state index is 10.7. The molecule has 1 saturated carbocycles. The average Bonchev–Trinajstić information content (AvgIpc) is 2.02. The van der Waals surface area contributed by atoms with E-state index in [1.165, 1.54) is 0 Å². The molecule has 0 aliphatic heterocycles. The molecule has 0 aromatic rings. The van der Waals surface area contributed by atoms with Gasteiger partial charge in [-0.2, -0.15) is 8.42 Å². The van der Waals surface area contributed by atoms with E-state index in [0.29, 0.717) is 18.6 Å². The van der Waals surface area contributed by atoms with Crippen LogP contribution in [0, 0.1) is 5.92 Å². The molecule has 4 nitrogen and oxygen atoms in total. The van der Waals surface area contributed by atoms with E-state index in [-0.39, 0.29) is 0 Å². The molecule has 0 amide bonds. The molecule has 78 valence electrons. The van der Waals surface area contributed by atoms with Crippen LogP contribution in [0.3, 0.4) is 0 Å². The predicted octanol–water partition coefficient (Wildman–Crippen LogP) is 0.480. The first kappa shape index (κ1) is 10.9. The fourth-order valence-electron chi connectivity index (χ4n) is 1.57. The van der Waals surface area contributed by atoms with Crippen molar-refractivity contribution in [2.75, 3.05) is 12.9 Å². The summed E-state index contributed by atoms with van der Waals surface area (Å²) in [7, 11) is -3.27. The highest BCUT2D eigenvalue weighted by atomic mass is 32.2. The van der Waals surface area contributed by atoms with Crippen molar-refractivity contribution in [2.45, 2.75) is 31.7 Å². The van der Waals surface area contributed by atoms with Gasteiger partial charge in [0.05, 0.1) is 12.9 Å². The minimum atomic E-state index is -3.27. The molecule has 1 aliphatic carbocycles. The minimum Gasteiger partial charge on any atom is -0.328 e. The molecule has 5 heteroatoms. The lowest BCUT2D eigenvalue weighted by molar-refractivity contribution is 0.207. The van der Waals surface area contributed by atoms with E-state index in [1.54, 1.807) is 0 Å². The van der Waals surface area contributed by atoms with Crippen molar-refractivity contribution < 1.29 is 12.6 Å². The molecule has 0 bridgehead atoms. The highest BCUT2D eigenvalue weighted by molar-refractivity contribution is 7.85. The Balaban J connectivity index is 2.24. The summed E-state index contributed by atoms with van der Waals surface area (Å²) in [6.07, 6.45) is 5.02. The third-order valence-corrected chi connectivity index (χ3v) is 2.97. The smallest absolute Gasteiger partial charge is 0.264 e. The molecule has 13 heavy (non-hydrogen) atoms. The first-order valence-corrected chi connectivity index (χ1v) is 6.39. The van der Waals surface area contributed by atoms with Crippen LogP contribution in [-0.2, 0) is 14.3 Å². The van der Waals surface area contributed by atoms with Gasteiger partial charge in [0, 0.05) is 6.04 Å². The van der Waals surface area contributed by atoms with Crippen LogP contribution in [0.25, 0.3) is 0 Å². The maximum atomic E-state index is 10.7. The second-order valence-electron chi connectivity index (χ2n) is 3.77. The van der Waals surface area contributed by atoms with E-state index in [2.05, 4.69) is 0 Å². The van der Waals surface area contributed by atoms with Crippen LogP contribution in [0.15, 0.2) is 0 Å². The summed E-state index contributed by atoms with van der Waals surface area (Å²) in [4.78, 5) is 0. The Labute approximate surface area is 79.6 Å². The summed E-state index contributed by atoms with van der Waals surface area (Å²) in [5, 5.41) is 0. The van der Waals surface area contributed by atoms with Gasteiger partial charge in [-0.1, -0.05) is 0 Å². The normalized spacial score (nSPS) is 30.3. The first-order chi connectivity index (χ1) is 5.97. The van der Waals surface area contributed by atoms with Gasteiger partial charge < -0.3 is 5.73 Å². The zero-order valence-corrected chi connectivity index (χ0v) is 8.72. The van der Waals surface area contributed by atoms with Crippen molar-refractivity contribution in [3.63, 3.8) is 0 Å². The van der Waals surface area contributed by atoms with E-state index in [0.717, 1.165) is 31.9 Å². The lowest BCUT2D eigenvalue weighted by Crippen LogP contribution is -2.28. The molecule has 0 saturated heterocycles. The van der Waals surface area contributed by atoms with E-state index in [4.69, 9.17) is 9.92 Å². The Morgan fingerprint density at radius 2 is 1.85 bits per heavy atom. The van der Waals surface area contributed by atoms with E-state index in [1.807, 2.05) is 0 Å². The van der Waals surface area contributed by atoms with Crippen molar-refractivity contribution in [1.29, 1.82) is 0 Å². The molecule has 1 aliphatic rings. The lowest BCUT2D eigenvalue weighted by Gasteiger charge is -2.25. The molecule has 0 atom stereocenters. The Morgan fingerprint density at radius 1 is 1.31 bits per heavy atom. The Hall–Kier alpha value is -0.130. The maximum Gasteiger partial charge on any atom is 0.264 e. The number of hydrogen-bond donors (Lipinski definition) is 1. The molecule has 0 radical (unpaired) electrons. The van der Waals surface area contributed by atoms with Gasteiger partial charge in [-0.05, 0) is 31.6 Å². The van der Waals surface area contributed by atoms with Gasteiger partial charge in [-0.15, -0.1) is 0 Å². The molecular formula is C8H17NO3S. The fourth-order valence-corrected chi connectivity index (χ4v) is 2.01. The van der Waals surface area contributed by atoms with Crippen LogP contribution >= 0.6 is 0 Å². The Bertz CT molecular complexity index is 242. The fraction of sp³-hybridized carbons (Fsp3) is 1.00. The van der Waals surface area contributed by atoms with Crippen LogP contribution in [-0.4, -0.2) is 27.3 Å². The van der Waals surface area contributed by atoms with Crippen LogP contribution in [0.2, 0.25) is 0 Å². The summed E-state index contributed by atoms with van der Waals surface area (Å²) in [6, 6.07) is 0.300. The Kier molecular flexibility index (Phi) is 3.70. The quantitative estimate of drug-likeness (QED) is 0.683. The van der Waals surface area contributed by atoms with Crippen molar-refractivity contribution in [3.05, 3.63) is 0 Å². The highest BCUT2D eigenvalue weighted by Crippen LogP contribution is 2.23. The molecule has 1 rings (SSSR count). The molecule has 0 aromatic heterocycles. The molecule has 0 spiro atoms. The van der Waals surface area contributed by atoms with Gasteiger partial charge in [0.2, 0.25) is 0 Å². The molecule has 0 unspecified atom stereocenters. The number of nitrogens with two attached hydrogens (primary N) is 1. The third kappa shape index (κ3) is 4.59. The summed E-state index contributed by atoms with van der Waals surface area (Å²) in [6.45, 7) is 0.325. The van der Waals surface area contributed by atoms with Gasteiger partial charge in [-0.3, -0.25) is 4.18 Å². The number of hydrogen-bond acceptors (Lipinski definition) is 4. The molecule has 2 N–H and O–H groups in total. The van der Waals surface area contributed by atoms with Gasteiger partial charge in [0.1, 0.15) is 0 Å². The second-order valence-corrected chi connectivity index (χ2v) is 5.41. The lowest BCUT2D eigenvalue weighted by atomic mass is 9.87. The van der Waals surface area contributed by atoms with E-state index < -0.39 is 10.1 Å². The van der Waals surface area contributed by atoms with Crippen molar-refractivity contribution in [2.24, 2.45) is 11.7 Å². The van der Waals surface area contributed by atoms with Crippen LogP contribution in [0.1, 0.15) is 25.7 Å². The molecule has 0 aromatic carbocycles.